The van der Waals surface area contributed by atoms with Gasteiger partial charge in [0.25, 0.3) is 0 Å². The molecule has 0 bridgehead atoms. The van der Waals surface area contributed by atoms with Gasteiger partial charge in [-0.2, -0.15) is 0 Å². The Morgan fingerprint density at radius 1 is 1.24 bits per heavy atom. The second kappa shape index (κ2) is 9.07. The highest BCUT2D eigenvalue weighted by atomic mass is 35.5. The van der Waals surface area contributed by atoms with Crippen molar-refractivity contribution in [2.75, 3.05) is 26.4 Å². The number of esters is 1. The van der Waals surface area contributed by atoms with Gasteiger partial charge in [-0.25, -0.2) is 4.79 Å². The Kier molecular flexibility index (Phi) is 7.39. The quantitative estimate of drug-likeness (QED) is 0.617. The van der Waals surface area contributed by atoms with Crippen molar-refractivity contribution < 1.29 is 23.8 Å². The summed E-state index contributed by atoms with van der Waals surface area (Å²) in [5.74, 6) is 0.134. The Morgan fingerprint density at radius 3 is 2.67 bits per heavy atom. The summed E-state index contributed by atoms with van der Waals surface area (Å²) in [4.78, 5) is 22.2. The second-order valence-corrected chi connectivity index (χ2v) is 4.46. The molecular weight excluding hydrogens is 298 g/mol. The summed E-state index contributed by atoms with van der Waals surface area (Å²) >= 11 is 5.90. The van der Waals surface area contributed by atoms with Gasteiger partial charge in [-0.05, 0) is 37.6 Å². The van der Waals surface area contributed by atoms with Crippen LogP contribution < -0.4 is 10.1 Å². The first-order valence-corrected chi connectivity index (χ1v) is 6.86. The maximum Gasteiger partial charge on any atom is 0.407 e. The average molecular weight is 316 g/mol. The summed E-state index contributed by atoms with van der Waals surface area (Å²) in [7, 11) is 0. The van der Waals surface area contributed by atoms with Crippen LogP contribution >= 0.6 is 11.6 Å². The van der Waals surface area contributed by atoms with Crippen LogP contribution in [0.25, 0.3) is 0 Å². The molecule has 1 N–H and O–H groups in total. The largest absolute Gasteiger partial charge is 0.490 e. The number of hydrogen-bond acceptors (Lipinski definition) is 5. The molecule has 0 radical (unpaired) electrons. The van der Waals surface area contributed by atoms with Crippen LogP contribution in [-0.2, 0) is 14.3 Å². The van der Waals surface area contributed by atoms with Gasteiger partial charge in [-0.1, -0.05) is 11.6 Å². The number of alkyl carbamates (subject to hydrolysis) is 1. The summed E-state index contributed by atoms with van der Waals surface area (Å²) < 4.78 is 14.9. The van der Waals surface area contributed by atoms with Gasteiger partial charge >= 0.3 is 12.1 Å². The summed E-state index contributed by atoms with van der Waals surface area (Å²) in [6, 6.07) is 5.26. The van der Waals surface area contributed by atoms with E-state index in [1.807, 2.05) is 6.92 Å². The molecule has 0 fully saturated rings. The van der Waals surface area contributed by atoms with Crippen molar-refractivity contribution in [2.24, 2.45) is 0 Å². The van der Waals surface area contributed by atoms with Crippen LogP contribution in [0.3, 0.4) is 0 Å². The Hall–Kier alpha value is -1.95. The lowest BCUT2D eigenvalue weighted by Crippen LogP contribution is -2.32. The molecule has 0 aromatic heterocycles. The zero-order chi connectivity index (χ0) is 15.7. The number of aryl methyl sites for hydroxylation is 1. The fraction of sp³-hybridized carbons (Fsp3) is 0.429. The van der Waals surface area contributed by atoms with E-state index < -0.39 is 12.1 Å². The van der Waals surface area contributed by atoms with Gasteiger partial charge in [0.2, 0.25) is 0 Å². The Bertz CT molecular complexity index is 492. The molecule has 6 nitrogen and oxygen atoms in total. The number of carbonyl (C=O) groups is 2. The van der Waals surface area contributed by atoms with E-state index in [4.69, 9.17) is 21.1 Å². The van der Waals surface area contributed by atoms with E-state index in [9.17, 15) is 9.59 Å². The van der Waals surface area contributed by atoms with Gasteiger partial charge in [0, 0.05) is 5.02 Å². The van der Waals surface area contributed by atoms with E-state index in [1.165, 1.54) is 0 Å². The minimum absolute atomic E-state index is 0.0658. The molecule has 0 heterocycles. The Labute approximate surface area is 128 Å². The molecular formula is C14H18ClNO5. The molecule has 0 saturated heterocycles. The smallest absolute Gasteiger partial charge is 0.407 e. The van der Waals surface area contributed by atoms with Crippen molar-refractivity contribution in [3.05, 3.63) is 28.8 Å². The first kappa shape index (κ1) is 17.1. The first-order chi connectivity index (χ1) is 10.0. The Morgan fingerprint density at radius 2 is 2.00 bits per heavy atom. The molecule has 0 aliphatic rings. The van der Waals surface area contributed by atoms with Crippen LogP contribution in [0.4, 0.5) is 4.79 Å². The summed E-state index contributed by atoms with van der Waals surface area (Å²) in [5, 5.41) is 2.94. The predicted molar refractivity (Wildman–Crippen MR) is 77.7 cm³/mol. The SMILES string of the molecule is CCOC(=O)CNC(=O)OCCOc1ccc(Cl)c(C)c1. The molecule has 1 amide bonds. The lowest BCUT2D eigenvalue weighted by molar-refractivity contribution is -0.141. The highest BCUT2D eigenvalue weighted by Crippen LogP contribution is 2.20. The maximum atomic E-state index is 11.2. The number of rotatable bonds is 7. The van der Waals surface area contributed by atoms with Crippen molar-refractivity contribution >= 4 is 23.7 Å². The first-order valence-electron chi connectivity index (χ1n) is 6.48. The van der Waals surface area contributed by atoms with E-state index in [0.29, 0.717) is 10.8 Å². The number of nitrogens with one attached hydrogen (secondary N) is 1. The third-order valence-corrected chi connectivity index (χ3v) is 2.82. The van der Waals surface area contributed by atoms with E-state index in [-0.39, 0.29) is 26.4 Å². The van der Waals surface area contributed by atoms with E-state index >= 15 is 0 Å². The molecule has 0 atom stereocenters. The average Bonchev–Trinajstić information content (AvgIpc) is 2.45. The van der Waals surface area contributed by atoms with Crippen LogP contribution in [0, 0.1) is 6.92 Å². The highest BCUT2D eigenvalue weighted by Gasteiger charge is 2.06. The van der Waals surface area contributed by atoms with Crippen LogP contribution in [-0.4, -0.2) is 38.4 Å². The molecule has 1 aromatic carbocycles. The normalized spacial score (nSPS) is 9.86. The molecule has 0 aliphatic carbocycles. The van der Waals surface area contributed by atoms with Gasteiger partial charge < -0.3 is 19.5 Å². The van der Waals surface area contributed by atoms with Crippen molar-refractivity contribution in [2.45, 2.75) is 13.8 Å². The van der Waals surface area contributed by atoms with Crippen molar-refractivity contribution in [3.8, 4) is 5.75 Å². The molecule has 1 aromatic rings. The fourth-order valence-corrected chi connectivity index (χ4v) is 1.53. The van der Waals surface area contributed by atoms with E-state index in [2.05, 4.69) is 10.1 Å². The second-order valence-electron chi connectivity index (χ2n) is 4.05. The lowest BCUT2D eigenvalue weighted by Gasteiger charge is -2.09. The van der Waals surface area contributed by atoms with Gasteiger partial charge in [0.1, 0.15) is 25.5 Å². The van der Waals surface area contributed by atoms with Gasteiger partial charge in [0.05, 0.1) is 6.61 Å². The molecule has 1 rings (SSSR count). The van der Waals surface area contributed by atoms with E-state index in [0.717, 1.165) is 5.56 Å². The van der Waals surface area contributed by atoms with Gasteiger partial charge in [-0.15, -0.1) is 0 Å². The summed E-state index contributed by atoms with van der Waals surface area (Å²) in [6.45, 7) is 3.87. The zero-order valence-electron chi connectivity index (χ0n) is 12.0. The minimum Gasteiger partial charge on any atom is -0.490 e. The number of carbonyl (C=O) groups excluding carboxylic acids is 2. The van der Waals surface area contributed by atoms with Crippen LogP contribution in [0.1, 0.15) is 12.5 Å². The monoisotopic (exact) mass is 315 g/mol. The number of hydrogen-bond donors (Lipinski definition) is 1. The molecule has 0 spiro atoms. The Balaban J connectivity index is 2.17. The molecule has 0 unspecified atom stereocenters. The van der Waals surface area contributed by atoms with Crippen molar-refractivity contribution in [1.82, 2.24) is 5.32 Å². The molecule has 0 aliphatic heterocycles. The van der Waals surface area contributed by atoms with Crippen molar-refractivity contribution in [3.63, 3.8) is 0 Å². The van der Waals surface area contributed by atoms with Gasteiger partial charge in [0.15, 0.2) is 0 Å². The van der Waals surface area contributed by atoms with Crippen LogP contribution in [0.5, 0.6) is 5.75 Å². The third kappa shape index (κ3) is 6.85. The molecule has 7 heteroatoms. The van der Waals surface area contributed by atoms with Crippen LogP contribution in [0.15, 0.2) is 18.2 Å². The standard InChI is InChI=1S/C14H18ClNO5/c1-3-19-13(17)9-16-14(18)21-7-6-20-11-4-5-12(15)10(2)8-11/h4-5,8H,3,6-7,9H2,1-2H3,(H,16,18). The van der Waals surface area contributed by atoms with E-state index in [1.54, 1.807) is 25.1 Å². The van der Waals surface area contributed by atoms with Crippen molar-refractivity contribution in [1.29, 1.82) is 0 Å². The highest BCUT2D eigenvalue weighted by molar-refractivity contribution is 6.31. The molecule has 21 heavy (non-hydrogen) atoms. The molecule has 116 valence electrons. The minimum atomic E-state index is -0.695. The number of halogens is 1. The third-order valence-electron chi connectivity index (χ3n) is 2.40. The maximum absolute atomic E-state index is 11.2. The number of benzene rings is 1. The van der Waals surface area contributed by atoms with Gasteiger partial charge in [-0.3, -0.25) is 4.79 Å². The lowest BCUT2D eigenvalue weighted by atomic mass is 10.2. The number of amides is 1. The topological polar surface area (TPSA) is 73.9 Å². The fourth-order valence-electron chi connectivity index (χ4n) is 1.41. The summed E-state index contributed by atoms with van der Waals surface area (Å²) in [6.07, 6.45) is -0.695. The predicted octanol–water partition coefficient (Wildman–Crippen LogP) is 2.32. The zero-order valence-corrected chi connectivity index (χ0v) is 12.7. The summed E-state index contributed by atoms with van der Waals surface area (Å²) in [5.41, 5.74) is 0.905. The number of ether oxygens (including phenoxy) is 3. The molecule has 0 saturated carbocycles. The van der Waals surface area contributed by atoms with Crippen LogP contribution in [0.2, 0.25) is 5.02 Å².